The topological polar surface area (TPSA) is 24.1 Å². The van der Waals surface area contributed by atoms with Gasteiger partial charge in [0.15, 0.2) is 5.11 Å². The highest BCUT2D eigenvalue weighted by Gasteiger charge is 2.03. The molecule has 0 saturated carbocycles. The number of hydrogen-bond acceptors (Lipinski definition) is 1. The SMILES string of the molecule is C=CCNC(=S)NC(C)CCCC(C)C. The molecule has 0 aromatic heterocycles. The molecule has 0 aromatic rings. The summed E-state index contributed by atoms with van der Waals surface area (Å²) in [5.41, 5.74) is 0. The Hall–Kier alpha value is -0.570. The first-order valence-corrected chi connectivity index (χ1v) is 6.12. The number of thiocarbonyl (C=S) groups is 1. The molecule has 0 spiro atoms. The highest BCUT2D eigenvalue weighted by atomic mass is 32.1. The van der Waals surface area contributed by atoms with Gasteiger partial charge in [-0.1, -0.05) is 32.8 Å². The van der Waals surface area contributed by atoms with Gasteiger partial charge >= 0.3 is 0 Å². The van der Waals surface area contributed by atoms with Gasteiger partial charge in [0.25, 0.3) is 0 Å². The average molecular weight is 228 g/mol. The van der Waals surface area contributed by atoms with Crippen LogP contribution in [-0.4, -0.2) is 17.7 Å². The maximum Gasteiger partial charge on any atom is 0.166 e. The highest BCUT2D eigenvalue weighted by molar-refractivity contribution is 7.80. The summed E-state index contributed by atoms with van der Waals surface area (Å²) < 4.78 is 0. The summed E-state index contributed by atoms with van der Waals surface area (Å²) in [6, 6.07) is 0.452. The molecule has 0 heterocycles. The molecule has 0 rings (SSSR count). The van der Waals surface area contributed by atoms with Crippen LogP contribution in [0.1, 0.15) is 40.0 Å². The first-order valence-electron chi connectivity index (χ1n) is 5.71. The molecule has 15 heavy (non-hydrogen) atoms. The van der Waals surface area contributed by atoms with Crippen molar-refractivity contribution < 1.29 is 0 Å². The van der Waals surface area contributed by atoms with E-state index in [0.29, 0.717) is 6.04 Å². The van der Waals surface area contributed by atoms with Gasteiger partial charge in [-0.15, -0.1) is 6.58 Å². The quantitative estimate of drug-likeness (QED) is 0.517. The van der Waals surface area contributed by atoms with E-state index in [0.717, 1.165) is 17.6 Å². The fourth-order valence-corrected chi connectivity index (χ4v) is 1.63. The lowest BCUT2D eigenvalue weighted by atomic mass is 10.0. The molecule has 2 nitrogen and oxygen atoms in total. The fourth-order valence-electron chi connectivity index (χ4n) is 1.34. The van der Waals surface area contributed by atoms with Crippen LogP contribution in [0, 0.1) is 5.92 Å². The molecule has 0 bridgehead atoms. The predicted molar refractivity (Wildman–Crippen MR) is 72.1 cm³/mol. The smallest absolute Gasteiger partial charge is 0.166 e. The molecule has 0 aliphatic heterocycles. The van der Waals surface area contributed by atoms with Crippen molar-refractivity contribution in [2.75, 3.05) is 6.54 Å². The van der Waals surface area contributed by atoms with Gasteiger partial charge in [0, 0.05) is 12.6 Å². The monoisotopic (exact) mass is 228 g/mol. The molecule has 1 atom stereocenters. The van der Waals surface area contributed by atoms with Crippen LogP contribution < -0.4 is 10.6 Å². The van der Waals surface area contributed by atoms with E-state index in [-0.39, 0.29) is 0 Å². The van der Waals surface area contributed by atoms with Crippen LogP contribution in [0.3, 0.4) is 0 Å². The largest absolute Gasteiger partial charge is 0.360 e. The van der Waals surface area contributed by atoms with Crippen molar-refractivity contribution >= 4 is 17.3 Å². The van der Waals surface area contributed by atoms with Gasteiger partial charge in [-0.25, -0.2) is 0 Å². The first kappa shape index (κ1) is 14.4. The lowest BCUT2D eigenvalue weighted by molar-refractivity contribution is 0.493. The predicted octanol–water partition coefficient (Wildman–Crippen LogP) is 2.85. The van der Waals surface area contributed by atoms with E-state index in [4.69, 9.17) is 12.2 Å². The number of nitrogens with one attached hydrogen (secondary N) is 2. The van der Waals surface area contributed by atoms with Gasteiger partial charge < -0.3 is 10.6 Å². The van der Waals surface area contributed by atoms with E-state index in [1.807, 2.05) is 0 Å². The molecule has 0 fully saturated rings. The lowest BCUT2D eigenvalue weighted by Gasteiger charge is -2.16. The van der Waals surface area contributed by atoms with Crippen molar-refractivity contribution in [2.45, 2.75) is 46.1 Å². The van der Waals surface area contributed by atoms with Gasteiger partial charge in [0.05, 0.1) is 0 Å². The van der Waals surface area contributed by atoms with Gasteiger partial charge in [0.2, 0.25) is 0 Å². The molecule has 2 N–H and O–H groups in total. The number of rotatable bonds is 7. The van der Waals surface area contributed by atoms with Crippen LogP contribution in [0.15, 0.2) is 12.7 Å². The summed E-state index contributed by atoms with van der Waals surface area (Å²) in [4.78, 5) is 0. The molecule has 0 aliphatic carbocycles. The normalized spacial score (nSPS) is 12.3. The van der Waals surface area contributed by atoms with Crippen LogP contribution in [0.25, 0.3) is 0 Å². The second kappa shape index (κ2) is 8.72. The molecule has 1 unspecified atom stereocenters. The van der Waals surface area contributed by atoms with Crippen LogP contribution in [0.5, 0.6) is 0 Å². The molecule has 0 saturated heterocycles. The summed E-state index contributed by atoms with van der Waals surface area (Å²) in [7, 11) is 0. The molecule has 3 heteroatoms. The Kier molecular flexibility index (Phi) is 8.38. The second-order valence-corrected chi connectivity index (χ2v) is 4.78. The lowest BCUT2D eigenvalue weighted by Crippen LogP contribution is -2.40. The first-order chi connectivity index (χ1) is 7.06. The third-order valence-corrected chi connectivity index (χ3v) is 2.47. The molecule has 0 amide bonds. The standard InChI is InChI=1S/C12H24N2S/c1-5-9-13-12(15)14-11(4)8-6-7-10(2)3/h5,10-11H,1,6-9H2,2-4H3,(H2,13,14,15). The number of hydrogen-bond donors (Lipinski definition) is 2. The zero-order chi connectivity index (χ0) is 11.7. The van der Waals surface area contributed by atoms with Gasteiger partial charge in [-0.3, -0.25) is 0 Å². The van der Waals surface area contributed by atoms with E-state index < -0.39 is 0 Å². The Morgan fingerprint density at radius 2 is 2.00 bits per heavy atom. The third-order valence-electron chi connectivity index (χ3n) is 2.20. The molecule has 0 aromatic carbocycles. The minimum Gasteiger partial charge on any atom is -0.360 e. The van der Waals surface area contributed by atoms with Crippen LogP contribution in [-0.2, 0) is 0 Å². The van der Waals surface area contributed by atoms with Crippen molar-refractivity contribution in [3.05, 3.63) is 12.7 Å². The maximum atomic E-state index is 5.13. The molecular weight excluding hydrogens is 204 g/mol. The van der Waals surface area contributed by atoms with E-state index in [1.54, 1.807) is 6.08 Å². The van der Waals surface area contributed by atoms with Crippen LogP contribution in [0.4, 0.5) is 0 Å². The fraction of sp³-hybridized carbons (Fsp3) is 0.750. The zero-order valence-corrected chi connectivity index (χ0v) is 11.0. The van der Waals surface area contributed by atoms with Gasteiger partial charge in [-0.05, 0) is 31.5 Å². The van der Waals surface area contributed by atoms with E-state index >= 15 is 0 Å². The van der Waals surface area contributed by atoms with Crippen molar-refractivity contribution in [3.63, 3.8) is 0 Å². The molecule has 0 aliphatic rings. The van der Waals surface area contributed by atoms with Crippen LogP contribution >= 0.6 is 12.2 Å². The zero-order valence-electron chi connectivity index (χ0n) is 10.2. The Bertz CT molecular complexity index is 190. The van der Waals surface area contributed by atoms with E-state index in [9.17, 15) is 0 Å². The average Bonchev–Trinajstić information content (AvgIpc) is 2.14. The van der Waals surface area contributed by atoms with E-state index in [1.165, 1.54) is 19.3 Å². The van der Waals surface area contributed by atoms with Gasteiger partial charge in [0.1, 0.15) is 0 Å². The Morgan fingerprint density at radius 3 is 2.53 bits per heavy atom. The Balaban J connectivity index is 3.50. The Labute approximate surface area is 99.5 Å². The minimum absolute atomic E-state index is 0.452. The molecule has 0 radical (unpaired) electrons. The minimum atomic E-state index is 0.452. The molecule has 88 valence electrons. The second-order valence-electron chi connectivity index (χ2n) is 4.37. The Morgan fingerprint density at radius 1 is 1.33 bits per heavy atom. The highest BCUT2D eigenvalue weighted by Crippen LogP contribution is 2.07. The summed E-state index contributed by atoms with van der Waals surface area (Å²) >= 11 is 5.13. The van der Waals surface area contributed by atoms with E-state index in [2.05, 4.69) is 38.0 Å². The third kappa shape index (κ3) is 9.73. The van der Waals surface area contributed by atoms with Crippen molar-refractivity contribution in [3.8, 4) is 0 Å². The summed E-state index contributed by atoms with van der Waals surface area (Å²) in [6.45, 7) is 11.0. The molecular formula is C12H24N2S. The van der Waals surface area contributed by atoms with Crippen LogP contribution in [0.2, 0.25) is 0 Å². The summed E-state index contributed by atoms with van der Waals surface area (Å²) in [5.74, 6) is 0.794. The maximum absolute atomic E-state index is 5.13. The van der Waals surface area contributed by atoms with Crippen molar-refractivity contribution in [1.29, 1.82) is 0 Å². The van der Waals surface area contributed by atoms with Gasteiger partial charge in [-0.2, -0.15) is 0 Å². The summed E-state index contributed by atoms with van der Waals surface area (Å²) in [6.07, 6.45) is 5.53. The van der Waals surface area contributed by atoms with Crippen molar-refractivity contribution in [1.82, 2.24) is 10.6 Å². The summed E-state index contributed by atoms with van der Waals surface area (Å²) in [5, 5.41) is 7.05. The van der Waals surface area contributed by atoms with Crippen molar-refractivity contribution in [2.24, 2.45) is 5.92 Å².